The fraction of sp³-hybridized carbons (Fsp3) is 0.562. The van der Waals surface area contributed by atoms with Gasteiger partial charge in [0, 0.05) is 18.2 Å². The molecule has 0 bridgehead atoms. The van der Waals surface area contributed by atoms with Gasteiger partial charge in [-0.15, -0.1) is 0 Å². The maximum atomic E-state index is 13.5. The van der Waals surface area contributed by atoms with Gasteiger partial charge in [0.1, 0.15) is 5.82 Å². The normalized spacial score (nSPS) is 22.6. The molecule has 1 aliphatic heterocycles. The molecule has 0 aromatic heterocycles. The van der Waals surface area contributed by atoms with Crippen molar-refractivity contribution in [2.75, 3.05) is 13.1 Å². The van der Waals surface area contributed by atoms with Gasteiger partial charge < -0.3 is 10.6 Å². The van der Waals surface area contributed by atoms with Gasteiger partial charge in [0.25, 0.3) is 5.91 Å². The number of nitrogens with one attached hydrogen (secondary N) is 2. The monoisotopic (exact) mass is 278 g/mol. The predicted octanol–water partition coefficient (Wildman–Crippen LogP) is 2.64. The summed E-state index contributed by atoms with van der Waals surface area (Å²) in [5.41, 5.74) is 0.943. The van der Waals surface area contributed by atoms with Gasteiger partial charge in [0.05, 0.1) is 0 Å². The van der Waals surface area contributed by atoms with E-state index in [-0.39, 0.29) is 11.7 Å². The Kier molecular flexibility index (Phi) is 5.12. The van der Waals surface area contributed by atoms with E-state index < -0.39 is 0 Å². The molecule has 1 heterocycles. The van der Waals surface area contributed by atoms with Crippen LogP contribution < -0.4 is 10.6 Å². The second kappa shape index (κ2) is 6.84. The lowest BCUT2D eigenvalue weighted by Crippen LogP contribution is -2.48. The van der Waals surface area contributed by atoms with Crippen molar-refractivity contribution in [2.45, 2.75) is 39.2 Å². The van der Waals surface area contributed by atoms with Crippen LogP contribution in [0.4, 0.5) is 4.39 Å². The van der Waals surface area contributed by atoms with Crippen LogP contribution in [0.1, 0.15) is 42.1 Å². The Morgan fingerprint density at radius 2 is 2.30 bits per heavy atom. The number of carbonyl (C=O) groups is 1. The van der Waals surface area contributed by atoms with Crippen LogP contribution in [0, 0.1) is 18.7 Å². The number of piperidine rings is 1. The van der Waals surface area contributed by atoms with E-state index in [1.807, 2.05) is 0 Å². The molecule has 2 atom stereocenters. The van der Waals surface area contributed by atoms with Crippen molar-refractivity contribution in [3.05, 3.63) is 35.1 Å². The second-order valence-electron chi connectivity index (χ2n) is 5.55. The van der Waals surface area contributed by atoms with Crippen molar-refractivity contribution in [3.8, 4) is 0 Å². The van der Waals surface area contributed by atoms with Gasteiger partial charge in [-0.1, -0.05) is 19.4 Å². The number of rotatable bonds is 4. The van der Waals surface area contributed by atoms with E-state index in [2.05, 4.69) is 17.6 Å². The van der Waals surface area contributed by atoms with Gasteiger partial charge in [-0.05, 0) is 49.9 Å². The van der Waals surface area contributed by atoms with Gasteiger partial charge in [0.2, 0.25) is 0 Å². The van der Waals surface area contributed by atoms with Crippen molar-refractivity contribution in [1.82, 2.24) is 10.6 Å². The molecule has 20 heavy (non-hydrogen) atoms. The standard InChI is InChI=1S/C16H23FN2O/c1-3-12-5-4-8-18-15(12)10-19-16(20)13-7-6-11(2)14(17)9-13/h6-7,9,12,15,18H,3-5,8,10H2,1-2H3,(H,19,20). The molecule has 4 heteroatoms. The molecule has 1 amide bonds. The highest BCUT2D eigenvalue weighted by Crippen LogP contribution is 2.19. The first-order chi connectivity index (χ1) is 9.61. The number of benzene rings is 1. The van der Waals surface area contributed by atoms with Gasteiger partial charge in [-0.3, -0.25) is 4.79 Å². The maximum absolute atomic E-state index is 13.5. The average Bonchev–Trinajstić information content (AvgIpc) is 2.47. The highest BCUT2D eigenvalue weighted by molar-refractivity contribution is 5.94. The molecular weight excluding hydrogens is 255 g/mol. The lowest BCUT2D eigenvalue weighted by atomic mass is 9.88. The number of halogens is 1. The summed E-state index contributed by atoms with van der Waals surface area (Å²) in [6, 6.07) is 4.93. The third-order valence-corrected chi connectivity index (χ3v) is 4.17. The van der Waals surface area contributed by atoms with Crippen LogP contribution in [0.25, 0.3) is 0 Å². The molecule has 110 valence electrons. The summed E-state index contributed by atoms with van der Waals surface area (Å²) in [5.74, 6) is 0.0739. The number of amides is 1. The topological polar surface area (TPSA) is 41.1 Å². The Bertz CT molecular complexity index is 476. The summed E-state index contributed by atoms with van der Waals surface area (Å²) >= 11 is 0. The quantitative estimate of drug-likeness (QED) is 0.889. The van der Waals surface area contributed by atoms with E-state index in [0.29, 0.717) is 29.6 Å². The fourth-order valence-electron chi connectivity index (χ4n) is 2.79. The van der Waals surface area contributed by atoms with E-state index >= 15 is 0 Å². The smallest absolute Gasteiger partial charge is 0.251 e. The highest BCUT2D eigenvalue weighted by Gasteiger charge is 2.23. The molecular formula is C16H23FN2O. The van der Waals surface area contributed by atoms with Crippen LogP contribution in [0.2, 0.25) is 0 Å². The first-order valence-corrected chi connectivity index (χ1v) is 7.39. The van der Waals surface area contributed by atoms with E-state index in [9.17, 15) is 9.18 Å². The first-order valence-electron chi connectivity index (χ1n) is 7.39. The Balaban J connectivity index is 1.92. The minimum absolute atomic E-state index is 0.203. The molecule has 1 aromatic rings. The van der Waals surface area contributed by atoms with E-state index in [0.717, 1.165) is 13.0 Å². The van der Waals surface area contributed by atoms with Crippen LogP contribution in [0.15, 0.2) is 18.2 Å². The van der Waals surface area contributed by atoms with Gasteiger partial charge in [-0.25, -0.2) is 4.39 Å². The van der Waals surface area contributed by atoms with Gasteiger partial charge >= 0.3 is 0 Å². The molecule has 1 aromatic carbocycles. The van der Waals surface area contributed by atoms with E-state index in [1.54, 1.807) is 19.1 Å². The van der Waals surface area contributed by atoms with Gasteiger partial charge in [-0.2, -0.15) is 0 Å². The molecule has 0 radical (unpaired) electrons. The lowest BCUT2D eigenvalue weighted by molar-refractivity contribution is 0.0941. The third-order valence-electron chi connectivity index (χ3n) is 4.17. The Morgan fingerprint density at radius 3 is 3.00 bits per heavy atom. The molecule has 1 saturated heterocycles. The molecule has 0 spiro atoms. The van der Waals surface area contributed by atoms with Crippen LogP contribution in [0.5, 0.6) is 0 Å². The Hall–Kier alpha value is -1.42. The summed E-state index contributed by atoms with van der Waals surface area (Å²) in [6.07, 6.45) is 3.53. The Labute approximate surface area is 120 Å². The largest absolute Gasteiger partial charge is 0.350 e. The molecule has 2 N–H and O–H groups in total. The zero-order valence-electron chi connectivity index (χ0n) is 12.2. The van der Waals surface area contributed by atoms with Crippen molar-refractivity contribution in [1.29, 1.82) is 0 Å². The summed E-state index contributed by atoms with van der Waals surface area (Å²) in [5, 5.41) is 6.37. The molecule has 1 aliphatic rings. The lowest BCUT2D eigenvalue weighted by Gasteiger charge is -2.32. The van der Waals surface area contributed by atoms with Crippen LogP contribution in [-0.4, -0.2) is 25.0 Å². The summed E-state index contributed by atoms with van der Waals surface area (Å²) < 4.78 is 13.5. The summed E-state index contributed by atoms with van der Waals surface area (Å²) in [7, 11) is 0. The first kappa shape index (κ1) is 15.0. The minimum Gasteiger partial charge on any atom is -0.350 e. The number of hydrogen-bond donors (Lipinski definition) is 2. The van der Waals surface area contributed by atoms with Gasteiger partial charge in [0.15, 0.2) is 0 Å². The zero-order valence-corrected chi connectivity index (χ0v) is 12.2. The zero-order chi connectivity index (χ0) is 14.5. The number of hydrogen-bond acceptors (Lipinski definition) is 2. The van der Waals surface area contributed by atoms with Crippen LogP contribution in [-0.2, 0) is 0 Å². The molecule has 3 nitrogen and oxygen atoms in total. The Morgan fingerprint density at radius 1 is 1.50 bits per heavy atom. The average molecular weight is 278 g/mol. The molecule has 2 rings (SSSR count). The number of aryl methyl sites for hydroxylation is 1. The van der Waals surface area contributed by atoms with Crippen molar-refractivity contribution in [3.63, 3.8) is 0 Å². The van der Waals surface area contributed by atoms with Crippen molar-refractivity contribution < 1.29 is 9.18 Å². The van der Waals surface area contributed by atoms with E-state index in [4.69, 9.17) is 0 Å². The third kappa shape index (κ3) is 3.57. The van der Waals surface area contributed by atoms with Crippen LogP contribution in [0.3, 0.4) is 0 Å². The van der Waals surface area contributed by atoms with Crippen molar-refractivity contribution in [2.24, 2.45) is 5.92 Å². The number of carbonyl (C=O) groups excluding carboxylic acids is 1. The predicted molar refractivity (Wildman–Crippen MR) is 78.3 cm³/mol. The SMILES string of the molecule is CCC1CCCNC1CNC(=O)c1ccc(C)c(F)c1. The molecule has 0 aliphatic carbocycles. The summed E-state index contributed by atoms with van der Waals surface area (Å²) in [6.45, 7) is 5.49. The van der Waals surface area contributed by atoms with Crippen molar-refractivity contribution >= 4 is 5.91 Å². The molecule has 2 unspecified atom stereocenters. The second-order valence-corrected chi connectivity index (χ2v) is 5.55. The molecule has 1 fully saturated rings. The fourth-order valence-corrected chi connectivity index (χ4v) is 2.79. The molecule has 0 saturated carbocycles. The highest BCUT2D eigenvalue weighted by atomic mass is 19.1. The van der Waals surface area contributed by atoms with Crippen LogP contribution >= 0.6 is 0 Å². The van der Waals surface area contributed by atoms with E-state index in [1.165, 1.54) is 18.9 Å². The minimum atomic E-state index is -0.333. The summed E-state index contributed by atoms with van der Waals surface area (Å²) in [4.78, 5) is 12.0. The maximum Gasteiger partial charge on any atom is 0.251 e.